The Morgan fingerprint density at radius 1 is 1.50 bits per heavy atom. The molecule has 1 aromatic heterocycles. The maximum Gasteiger partial charge on any atom is 0.339 e. The number of nitriles is 1. The lowest BCUT2D eigenvalue weighted by Crippen LogP contribution is -2.05. The molecule has 0 bridgehead atoms. The molecular weight excluding hydrogens is 250 g/mol. The third-order valence-electron chi connectivity index (χ3n) is 2.25. The van der Waals surface area contributed by atoms with E-state index in [2.05, 4.69) is 10.3 Å². The molecule has 0 amide bonds. The maximum atomic E-state index is 11.6. The van der Waals surface area contributed by atoms with E-state index in [9.17, 15) is 4.79 Å². The smallest absolute Gasteiger partial charge is 0.339 e. The van der Waals surface area contributed by atoms with Gasteiger partial charge in [0, 0.05) is 0 Å². The highest BCUT2D eigenvalue weighted by molar-refractivity contribution is 7.10. The van der Waals surface area contributed by atoms with Crippen LogP contribution in [0.2, 0.25) is 0 Å². The van der Waals surface area contributed by atoms with Crippen LogP contribution in [0, 0.1) is 11.3 Å². The fraction of sp³-hybridized carbons (Fsp3) is 0.0833. The van der Waals surface area contributed by atoms with Gasteiger partial charge in [-0.1, -0.05) is 12.1 Å². The van der Waals surface area contributed by atoms with Crippen molar-refractivity contribution in [3.63, 3.8) is 0 Å². The molecule has 0 aliphatic rings. The number of esters is 1. The van der Waals surface area contributed by atoms with Gasteiger partial charge in [-0.25, -0.2) is 9.78 Å². The van der Waals surface area contributed by atoms with Gasteiger partial charge in [0.1, 0.15) is 10.9 Å². The summed E-state index contributed by atoms with van der Waals surface area (Å²) in [6.07, 6.45) is 0. The first-order valence-corrected chi connectivity index (χ1v) is 5.92. The van der Waals surface area contributed by atoms with Crippen LogP contribution in [0.15, 0.2) is 29.8 Å². The summed E-state index contributed by atoms with van der Waals surface area (Å²) in [4.78, 5) is 16.1. The largest absolute Gasteiger partial charge is 0.465 e. The summed E-state index contributed by atoms with van der Waals surface area (Å²) in [5, 5.41) is 11.9. The van der Waals surface area contributed by atoms with Crippen LogP contribution in [-0.2, 0) is 4.74 Å². The molecule has 0 aliphatic heterocycles. The van der Waals surface area contributed by atoms with Gasteiger partial charge in [-0.2, -0.15) is 5.26 Å². The molecule has 5 nitrogen and oxygen atoms in total. The van der Waals surface area contributed by atoms with Gasteiger partial charge in [0.05, 0.1) is 23.9 Å². The topological polar surface area (TPSA) is 75.0 Å². The van der Waals surface area contributed by atoms with Gasteiger partial charge in [0.25, 0.3) is 0 Å². The number of benzene rings is 1. The SMILES string of the molecule is COC(=O)c1ccccc1Nc1ncsc1C#N. The Morgan fingerprint density at radius 2 is 2.28 bits per heavy atom. The Hall–Kier alpha value is -2.39. The second kappa shape index (κ2) is 5.29. The minimum Gasteiger partial charge on any atom is -0.465 e. The van der Waals surface area contributed by atoms with E-state index in [1.807, 2.05) is 6.07 Å². The van der Waals surface area contributed by atoms with Crippen molar-refractivity contribution in [3.8, 4) is 6.07 Å². The number of hydrogen-bond donors (Lipinski definition) is 1. The number of hydrogen-bond acceptors (Lipinski definition) is 6. The number of rotatable bonds is 3. The number of anilines is 2. The van der Waals surface area contributed by atoms with Gasteiger partial charge in [-0.3, -0.25) is 0 Å². The summed E-state index contributed by atoms with van der Waals surface area (Å²) in [6.45, 7) is 0. The highest BCUT2D eigenvalue weighted by Gasteiger charge is 2.13. The first-order chi connectivity index (χ1) is 8.76. The monoisotopic (exact) mass is 259 g/mol. The second-order valence-electron chi connectivity index (χ2n) is 3.30. The number of thiazole rings is 1. The number of aromatic nitrogens is 1. The van der Waals surface area contributed by atoms with Gasteiger partial charge in [0.15, 0.2) is 5.82 Å². The Bertz CT molecular complexity index is 616. The van der Waals surface area contributed by atoms with Crippen molar-refractivity contribution < 1.29 is 9.53 Å². The van der Waals surface area contributed by atoms with Crippen molar-refractivity contribution in [2.24, 2.45) is 0 Å². The van der Waals surface area contributed by atoms with Gasteiger partial charge in [-0.05, 0) is 12.1 Å². The lowest BCUT2D eigenvalue weighted by atomic mass is 10.2. The Kier molecular flexibility index (Phi) is 3.55. The van der Waals surface area contributed by atoms with E-state index in [0.29, 0.717) is 21.9 Å². The molecule has 2 rings (SSSR count). The predicted octanol–water partition coefficient (Wildman–Crippen LogP) is 2.54. The number of methoxy groups -OCH3 is 1. The van der Waals surface area contributed by atoms with Crippen molar-refractivity contribution in [3.05, 3.63) is 40.2 Å². The number of nitrogens with one attached hydrogen (secondary N) is 1. The molecule has 0 spiro atoms. The van der Waals surface area contributed by atoms with Crippen LogP contribution in [0.3, 0.4) is 0 Å². The highest BCUT2D eigenvalue weighted by atomic mass is 32.1. The van der Waals surface area contributed by atoms with Crippen LogP contribution < -0.4 is 5.32 Å². The molecule has 0 radical (unpaired) electrons. The molecule has 0 saturated heterocycles. The summed E-state index contributed by atoms with van der Waals surface area (Å²) >= 11 is 1.24. The Labute approximate surface area is 108 Å². The van der Waals surface area contributed by atoms with Crippen molar-refractivity contribution in [1.82, 2.24) is 4.98 Å². The normalized spacial score (nSPS) is 9.56. The summed E-state index contributed by atoms with van der Waals surface area (Å²) in [6, 6.07) is 8.93. The molecule has 1 heterocycles. The Morgan fingerprint density at radius 3 is 3.00 bits per heavy atom. The first-order valence-electron chi connectivity index (χ1n) is 5.04. The summed E-state index contributed by atoms with van der Waals surface area (Å²) in [5.41, 5.74) is 2.53. The molecule has 2 aromatic rings. The molecule has 0 unspecified atom stereocenters. The molecule has 1 aromatic carbocycles. The summed E-state index contributed by atoms with van der Waals surface area (Å²) in [5.74, 6) is 0.00527. The minimum atomic E-state index is -0.438. The van der Waals surface area contributed by atoms with Crippen LogP contribution in [0.1, 0.15) is 15.2 Å². The molecule has 90 valence electrons. The van der Waals surface area contributed by atoms with Crippen LogP contribution >= 0.6 is 11.3 Å². The first kappa shape index (κ1) is 12.1. The summed E-state index contributed by atoms with van der Waals surface area (Å²) < 4.78 is 4.69. The molecule has 0 fully saturated rings. The van der Waals surface area contributed by atoms with E-state index >= 15 is 0 Å². The quantitative estimate of drug-likeness (QED) is 0.857. The maximum absolute atomic E-state index is 11.6. The van der Waals surface area contributed by atoms with Crippen molar-refractivity contribution in [1.29, 1.82) is 5.26 Å². The van der Waals surface area contributed by atoms with E-state index in [1.165, 1.54) is 18.4 Å². The summed E-state index contributed by atoms with van der Waals surface area (Å²) in [7, 11) is 1.32. The fourth-order valence-corrected chi connectivity index (χ4v) is 1.95. The van der Waals surface area contributed by atoms with Gasteiger partial charge < -0.3 is 10.1 Å². The number of para-hydroxylation sites is 1. The van der Waals surface area contributed by atoms with Gasteiger partial charge >= 0.3 is 5.97 Å². The van der Waals surface area contributed by atoms with E-state index in [1.54, 1.807) is 29.8 Å². The van der Waals surface area contributed by atoms with Gasteiger partial charge in [0.2, 0.25) is 0 Å². The lowest BCUT2D eigenvalue weighted by Gasteiger charge is -2.08. The van der Waals surface area contributed by atoms with E-state index in [4.69, 9.17) is 10.00 Å². The molecule has 0 saturated carbocycles. The second-order valence-corrected chi connectivity index (χ2v) is 4.16. The lowest BCUT2D eigenvalue weighted by molar-refractivity contribution is 0.0602. The van der Waals surface area contributed by atoms with Crippen LogP contribution in [0.25, 0.3) is 0 Å². The average molecular weight is 259 g/mol. The zero-order chi connectivity index (χ0) is 13.0. The number of carbonyl (C=O) groups is 1. The molecule has 18 heavy (non-hydrogen) atoms. The van der Waals surface area contributed by atoms with Crippen molar-refractivity contribution >= 4 is 28.8 Å². The highest BCUT2D eigenvalue weighted by Crippen LogP contribution is 2.24. The standard InChI is InChI=1S/C12H9N3O2S/c1-17-12(16)8-4-2-3-5-9(8)15-11-10(6-13)18-7-14-11/h2-5,7,15H,1H3. The molecule has 6 heteroatoms. The predicted molar refractivity (Wildman–Crippen MR) is 67.9 cm³/mol. The van der Waals surface area contributed by atoms with Crippen molar-refractivity contribution in [2.75, 3.05) is 12.4 Å². The zero-order valence-corrected chi connectivity index (χ0v) is 10.3. The number of ether oxygens (including phenoxy) is 1. The molecular formula is C12H9N3O2S. The molecule has 1 N–H and O–H groups in total. The Balaban J connectivity index is 2.35. The minimum absolute atomic E-state index is 0.400. The van der Waals surface area contributed by atoms with Crippen LogP contribution in [0.4, 0.5) is 11.5 Å². The van der Waals surface area contributed by atoms with E-state index in [-0.39, 0.29) is 0 Å². The van der Waals surface area contributed by atoms with Crippen LogP contribution in [-0.4, -0.2) is 18.1 Å². The molecule has 0 atom stereocenters. The van der Waals surface area contributed by atoms with Gasteiger partial charge in [-0.15, -0.1) is 11.3 Å². The number of nitrogens with zero attached hydrogens (tertiary/aromatic N) is 2. The van der Waals surface area contributed by atoms with E-state index in [0.717, 1.165) is 0 Å². The third kappa shape index (κ3) is 2.31. The fourth-order valence-electron chi connectivity index (χ4n) is 1.42. The number of carbonyl (C=O) groups excluding carboxylic acids is 1. The average Bonchev–Trinajstić information content (AvgIpc) is 2.86. The zero-order valence-electron chi connectivity index (χ0n) is 9.51. The van der Waals surface area contributed by atoms with Crippen LogP contribution in [0.5, 0.6) is 0 Å². The third-order valence-corrected chi connectivity index (χ3v) is 2.99. The van der Waals surface area contributed by atoms with Crippen molar-refractivity contribution in [2.45, 2.75) is 0 Å². The molecule has 0 aliphatic carbocycles. The van der Waals surface area contributed by atoms with E-state index < -0.39 is 5.97 Å².